The smallest absolute Gasteiger partial charge is 0.309 e. The Morgan fingerprint density at radius 3 is 2.30 bits per heavy atom. The van der Waals surface area contributed by atoms with Gasteiger partial charge in [-0.15, -0.1) is 0 Å². The topological polar surface area (TPSA) is 82.1 Å². The highest BCUT2D eigenvalue weighted by atomic mass is 16.6. The van der Waals surface area contributed by atoms with E-state index in [2.05, 4.69) is 0 Å². The lowest BCUT2D eigenvalue weighted by Crippen LogP contribution is -2.28. The summed E-state index contributed by atoms with van der Waals surface area (Å²) in [4.78, 5) is 23.6. The fourth-order valence-electron chi connectivity index (χ4n) is 1.65. The molecule has 0 aromatic carbocycles. The Balaban J connectivity index is 4.26. The first-order valence-electron chi connectivity index (χ1n) is 6.93. The fraction of sp³-hybridized carbons (Fsp3) is 0.857. The van der Waals surface area contributed by atoms with E-state index in [-0.39, 0.29) is 37.0 Å². The molecule has 0 amide bonds. The SMILES string of the molecule is CCC(CC(C)C(=O)OCCOC)C(=O)OC(C)CO. The number of aliphatic hydroxyl groups excluding tert-OH is 1. The molecule has 0 aliphatic heterocycles. The van der Waals surface area contributed by atoms with E-state index in [9.17, 15) is 9.59 Å². The lowest BCUT2D eigenvalue weighted by Gasteiger charge is -2.19. The van der Waals surface area contributed by atoms with E-state index >= 15 is 0 Å². The highest BCUT2D eigenvalue weighted by Gasteiger charge is 2.26. The van der Waals surface area contributed by atoms with Crippen molar-refractivity contribution in [2.45, 2.75) is 39.7 Å². The molecule has 0 saturated carbocycles. The number of carbonyl (C=O) groups is 2. The van der Waals surface area contributed by atoms with Crippen LogP contribution in [0.4, 0.5) is 0 Å². The largest absolute Gasteiger partial charge is 0.463 e. The highest BCUT2D eigenvalue weighted by Crippen LogP contribution is 2.19. The van der Waals surface area contributed by atoms with E-state index in [0.29, 0.717) is 19.4 Å². The lowest BCUT2D eigenvalue weighted by atomic mass is 9.94. The van der Waals surface area contributed by atoms with E-state index in [0.717, 1.165) is 0 Å². The molecule has 20 heavy (non-hydrogen) atoms. The number of rotatable bonds is 10. The molecule has 0 bridgehead atoms. The van der Waals surface area contributed by atoms with Crippen molar-refractivity contribution in [1.29, 1.82) is 0 Å². The van der Waals surface area contributed by atoms with Gasteiger partial charge in [0.25, 0.3) is 0 Å². The third kappa shape index (κ3) is 7.45. The van der Waals surface area contributed by atoms with Crippen LogP contribution in [0, 0.1) is 11.8 Å². The Kier molecular flexibility index (Phi) is 10.0. The Morgan fingerprint density at radius 1 is 1.15 bits per heavy atom. The van der Waals surface area contributed by atoms with Crippen molar-refractivity contribution in [3.63, 3.8) is 0 Å². The molecular formula is C14H26O6. The Bertz CT molecular complexity index is 291. The maximum atomic E-state index is 11.9. The first kappa shape index (κ1) is 18.9. The minimum atomic E-state index is -0.527. The molecule has 0 aliphatic rings. The van der Waals surface area contributed by atoms with Crippen molar-refractivity contribution < 1.29 is 28.9 Å². The maximum absolute atomic E-state index is 11.9. The van der Waals surface area contributed by atoms with Gasteiger partial charge in [0, 0.05) is 7.11 Å². The molecule has 6 heteroatoms. The molecule has 3 atom stereocenters. The number of esters is 2. The average molecular weight is 290 g/mol. The number of aliphatic hydroxyl groups is 1. The molecule has 0 radical (unpaired) electrons. The summed E-state index contributed by atoms with van der Waals surface area (Å²) in [5.74, 6) is -1.48. The Morgan fingerprint density at radius 2 is 1.80 bits per heavy atom. The minimum Gasteiger partial charge on any atom is -0.463 e. The normalized spacial score (nSPS) is 15.2. The summed E-state index contributed by atoms with van der Waals surface area (Å²) < 4.78 is 14.9. The molecule has 3 unspecified atom stereocenters. The van der Waals surface area contributed by atoms with Gasteiger partial charge in [0.15, 0.2) is 0 Å². The van der Waals surface area contributed by atoms with Crippen molar-refractivity contribution in [3.05, 3.63) is 0 Å². The summed E-state index contributed by atoms with van der Waals surface area (Å²) in [5.41, 5.74) is 0. The monoisotopic (exact) mass is 290 g/mol. The number of hydrogen-bond donors (Lipinski definition) is 1. The van der Waals surface area contributed by atoms with Crippen LogP contribution in [-0.4, -0.2) is 50.1 Å². The van der Waals surface area contributed by atoms with Crippen molar-refractivity contribution >= 4 is 11.9 Å². The molecule has 1 N–H and O–H groups in total. The summed E-state index contributed by atoms with van der Waals surface area (Å²) in [5, 5.41) is 8.87. The van der Waals surface area contributed by atoms with E-state index in [1.165, 1.54) is 7.11 Å². The molecule has 0 aromatic heterocycles. The molecule has 118 valence electrons. The predicted octanol–water partition coefficient (Wildman–Crippen LogP) is 1.15. The second-order valence-corrected chi connectivity index (χ2v) is 4.83. The van der Waals surface area contributed by atoms with Crippen molar-refractivity contribution in [2.24, 2.45) is 11.8 Å². The fourth-order valence-corrected chi connectivity index (χ4v) is 1.65. The molecule has 0 fully saturated rings. The van der Waals surface area contributed by atoms with Gasteiger partial charge in [-0.1, -0.05) is 13.8 Å². The molecule has 0 saturated heterocycles. The molecule has 0 spiro atoms. The summed E-state index contributed by atoms with van der Waals surface area (Å²) in [7, 11) is 1.53. The van der Waals surface area contributed by atoms with Crippen molar-refractivity contribution in [3.8, 4) is 0 Å². The van der Waals surface area contributed by atoms with E-state index in [1.807, 2.05) is 6.92 Å². The van der Waals surface area contributed by atoms with Gasteiger partial charge in [-0.2, -0.15) is 0 Å². The second kappa shape index (κ2) is 10.6. The molecule has 0 rings (SSSR count). The first-order chi connectivity index (χ1) is 9.46. The summed E-state index contributed by atoms with van der Waals surface area (Å²) >= 11 is 0. The van der Waals surface area contributed by atoms with Crippen LogP contribution in [0.5, 0.6) is 0 Å². The number of carbonyl (C=O) groups excluding carboxylic acids is 2. The van der Waals surface area contributed by atoms with Crippen LogP contribution in [-0.2, 0) is 23.8 Å². The zero-order valence-corrected chi connectivity index (χ0v) is 12.8. The van der Waals surface area contributed by atoms with Crippen LogP contribution in [0.3, 0.4) is 0 Å². The third-order valence-corrected chi connectivity index (χ3v) is 2.97. The minimum absolute atomic E-state index is 0.211. The number of ether oxygens (including phenoxy) is 3. The lowest BCUT2D eigenvalue weighted by molar-refractivity contribution is -0.157. The van der Waals surface area contributed by atoms with Gasteiger partial charge in [-0.3, -0.25) is 9.59 Å². The zero-order valence-electron chi connectivity index (χ0n) is 12.8. The van der Waals surface area contributed by atoms with Gasteiger partial charge in [0.05, 0.1) is 25.0 Å². The van der Waals surface area contributed by atoms with E-state index in [1.54, 1.807) is 13.8 Å². The van der Waals surface area contributed by atoms with Crippen LogP contribution < -0.4 is 0 Å². The van der Waals surface area contributed by atoms with E-state index in [4.69, 9.17) is 19.3 Å². The highest BCUT2D eigenvalue weighted by molar-refractivity contribution is 5.75. The van der Waals surface area contributed by atoms with Crippen LogP contribution in [0.2, 0.25) is 0 Å². The number of methoxy groups -OCH3 is 1. The standard InChI is InChI=1S/C14H26O6/c1-5-12(14(17)20-11(3)9-15)8-10(2)13(16)19-7-6-18-4/h10-12,15H,5-9H2,1-4H3. The summed E-state index contributed by atoms with van der Waals surface area (Å²) in [6.07, 6.45) is 0.423. The van der Waals surface area contributed by atoms with E-state index < -0.39 is 6.10 Å². The predicted molar refractivity (Wildman–Crippen MR) is 73.0 cm³/mol. The molecular weight excluding hydrogens is 264 g/mol. The van der Waals surface area contributed by atoms with Gasteiger partial charge in [0.2, 0.25) is 0 Å². The number of hydrogen-bond acceptors (Lipinski definition) is 6. The van der Waals surface area contributed by atoms with Crippen LogP contribution in [0.15, 0.2) is 0 Å². The molecule has 0 aromatic rings. The van der Waals surface area contributed by atoms with Gasteiger partial charge in [-0.25, -0.2) is 0 Å². The quantitative estimate of drug-likeness (QED) is 0.480. The third-order valence-electron chi connectivity index (χ3n) is 2.97. The van der Waals surface area contributed by atoms with Gasteiger partial charge < -0.3 is 19.3 Å². The molecule has 0 aliphatic carbocycles. The summed E-state index contributed by atoms with van der Waals surface area (Å²) in [6.45, 7) is 5.55. The maximum Gasteiger partial charge on any atom is 0.309 e. The zero-order chi connectivity index (χ0) is 15.5. The van der Waals surface area contributed by atoms with Gasteiger partial charge in [0.1, 0.15) is 12.7 Å². The van der Waals surface area contributed by atoms with Gasteiger partial charge in [-0.05, 0) is 19.8 Å². The Hall–Kier alpha value is -1.14. The second-order valence-electron chi connectivity index (χ2n) is 4.83. The molecule has 0 heterocycles. The van der Waals surface area contributed by atoms with Crippen molar-refractivity contribution in [1.82, 2.24) is 0 Å². The van der Waals surface area contributed by atoms with Crippen LogP contribution in [0.25, 0.3) is 0 Å². The molecule has 6 nitrogen and oxygen atoms in total. The first-order valence-corrected chi connectivity index (χ1v) is 6.93. The van der Waals surface area contributed by atoms with Crippen molar-refractivity contribution in [2.75, 3.05) is 26.9 Å². The van der Waals surface area contributed by atoms with Crippen LogP contribution in [0.1, 0.15) is 33.6 Å². The Labute approximate surface area is 120 Å². The summed E-state index contributed by atoms with van der Waals surface area (Å²) in [6, 6.07) is 0. The average Bonchev–Trinajstić information content (AvgIpc) is 2.43. The van der Waals surface area contributed by atoms with Crippen LogP contribution >= 0.6 is 0 Å². The van der Waals surface area contributed by atoms with Gasteiger partial charge >= 0.3 is 11.9 Å².